The Morgan fingerprint density at radius 1 is 1.30 bits per heavy atom. The molecular weight excluding hydrogens is 330 g/mol. The molecule has 0 bridgehead atoms. The Balaban J connectivity index is 1.97. The van der Waals surface area contributed by atoms with Crippen molar-refractivity contribution < 1.29 is 14.3 Å². The van der Waals surface area contributed by atoms with E-state index in [1.807, 2.05) is 25.3 Å². The number of anilines is 1. The van der Waals surface area contributed by atoms with E-state index in [4.69, 9.17) is 4.74 Å². The molecule has 0 radical (unpaired) electrons. The predicted octanol–water partition coefficient (Wildman–Crippen LogP) is 4.56. The van der Waals surface area contributed by atoms with Crippen molar-refractivity contribution in [3.63, 3.8) is 0 Å². The topological polar surface area (TPSA) is 55.4 Å². The Morgan fingerprint density at radius 3 is 2.74 bits per heavy atom. The second-order valence-corrected chi connectivity index (χ2v) is 7.45. The molecule has 0 aromatic carbocycles. The number of ether oxygens (including phenoxy) is 1. The summed E-state index contributed by atoms with van der Waals surface area (Å²) >= 11 is 3.13. The fraction of sp³-hybridized carbons (Fsp3) is 0.412. The highest BCUT2D eigenvalue weighted by atomic mass is 32.1. The average molecular weight is 351 g/mol. The van der Waals surface area contributed by atoms with Crippen molar-refractivity contribution in [2.24, 2.45) is 0 Å². The van der Waals surface area contributed by atoms with Crippen LogP contribution in [-0.4, -0.2) is 18.5 Å². The van der Waals surface area contributed by atoms with Gasteiger partial charge in [0.05, 0.1) is 12.2 Å². The molecule has 0 aliphatic rings. The third-order valence-electron chi connectivity index (χ3n) is 3.52. The number of rotatable bonds is 7. The maximum atomic E-state index is 12.1. The summed E-state index contributed by atoms with van der Waals surface area (Å²) in [7, 11) is 0. The summed E-state index contributed by atoms with van der Waals surface area (Å²) in [5.41, 5.74) is 1.36. The third-order valence-corrected chi connectivity index (χ3v) is 5.58. The van der Waals surface area contributed by atoms with Gasteiger partial charge in [-0.05, 0) is 50.6 Å². The molecule has 0 aliphatic carbocycles. The first-order valence-electron chi connectivity index (χ1n) is 7.62. The molecule has 0 fully saturated rings. The molecule has 2 aromatic rings. The molecule has 6 heteroatoms. The Hall–Kier alpha value is -1.66. The van der Waals surface area contributed by atoms with Gasteiger partial charge in [0.2, 0.25) is 5.91 Å². The van der Waals surface area contributed by atoms with Gasteiger partial charge in [0, 0.05) is 16.2 Å². The Bertz CT molecular complexity index is 674. The van der Waals surface area contributed by atoms with Crippen LogP contribution in [0.25, 0.3) is 0 Å². The molecule has 2 heterocycles. The number of carbonyl (C=O) groups is 2. The van der Waals surface area contributed by atoms with E-state index in [9.17, 15) is 9.59 Å². The molecule has 1 N–H and O–H groups in total. The molecule has 0 unspecified atom stereocenters. The van der Waals surface area contributed by atoms with Gasteiger partial charge in [-0.25, -0.2) is 4.79 Å². The maximum Gasteiger partial charge on any atom is 0.341 e. The highest BCUT2D eigenvalue weighted by molar-refractivity contribution is 7.16. The maximum absolute atomic E-state index is 12.1. The first-order chi connectivity index (χ1) is 11.0. The number of carbonyl (C=O) groups excluding carboxylic acids is 2. The van der Waals surface area contributed by atoms with Crippen LogP contribution < -0.4 is 5.32 Å². The van der Waals surface area contributed by atoms with E-state index in [0.29, 0.717) is 23.6 Å². The Kier molecular flexibility index (Phi) is 6.36. The van der Waals surface area contributed by atoms with Crippen LogP contribution in [0.5, 0.6) is 0 Å². The molecule has 0 spiro atoms. The van der Waals surface area contributed by atoms with Gasteiger partial charge >= 0.3 is 5.97 Å². The van der Waals surface area contributed by atoms with Gasteiger partial charge < -0.3 is 10.1 Å². The summed E-state index contributed by atoms with van der Waals surface area (Å²) in [5, 5.41) is 5.51. The van der Waals surface area contributed by atoms with Crippen LogP contribution in [0.4, 0.5) is 5.00 Å². The number of hydrogen-bond donors (Lipinski definition) is 1. The van der Waals surface area contributed by atoms with E-state index in [2.05, 4.69) is 11.4 Å². The zero-order valence-corrected chi connectivity index (χ0v) is 15.2. The second kappa shape index (κ2) is 8.26. The number of nitrogens with one attached hydrogen (secondary N) is 1. The lowest BCUT2D eigenvalue weighted by Crippen LogP contribution is -2.14. The lowest BCUT2D eigenvalue weighted by molar-refractivity contribution is -0.116. The standard InChI is InChI=1S/C17H21NO3S2/c1-4-21-17(20)15-11(2)12(3)23-16(15)18-14(19)9-5-7-13-8-6-10-22-13/h6,8,10H,4-5,7,9H2,1-3H3,(H,18,19). The molecule has 2 rings (SSSR count). The Labute approximate surface area is 144 Å². The number of amides is 1. The quantitative estimate of drug-likeness (QED) is 0.744. The van der Waals surface area contributed by atoms with Gasteiger partial charge in [-0.1, -0.05) is 6.07 Å². The minimum Gasteiger partial charge on any atom is -0.462 e. The number of aryl methyl sites for hydroxylation is 2. The molecule has 0 aliphatic heterocycles. The smallest absolute Gasteiger partial charge is 0.341 e. The lowest BCUT2D eigenvalue weighted by atomic mass is 10.1. The second-order valence-electron chi connectivity index (χ2n) is 5.19. The van der Waals surface area contributed by atoms with Gasteiger partial charge in [-0.3, -0.25) is 4.79 Å². The summed E-state index contributed by atoms with van der Waals surface area (Å²) in [6.45, 7) is 5.91. The van der Waals surface area contributed by atoms with Crippen LogP contribution in [0.15, 0.2) is 17.5 Å². The summed E-state index contributed by atoms with van der Waals surface area (Å²) in [6.07, 6.45) is 2.14. The summed E-state index contributed by atoms with van der Waals surface area (Å²) < 4.78 is 5.09. The largest absolute Gasteiger partial charge is 0.462 e. The van der Waals surface area contributed by atoms with Gasteiger partial charge in [-0.2, -0.15) is 0 Å². The van der Waals surface area contributed by atoms with E-state index < -0.39 is 0 Å². The van der Waals surface area contributed by atoms with Crippen LogP contribution in [0.1, 0.15) is 45.4 Å². The van der Waals surface area contributed by atoms with E-state index in [0.717, 1.165) is 23.3 Å². The monoisotopic (exact) mass is 351 g/mol. The highest BCUT2D eigenvalue weighted by Crippen LogP contribution is 2.33. The van der Waals surface area contributed by atoms with E-state index >= 15 is 0 Å². The van der Waals surface area contributed by atoms with Crippen molar-refractivity contribution >= 4 is 39.6 Å². The summed E-state index contributed by atoms with van der Waals surface area (Å²) in [5.74, 6) is -0.434. The fourth-order valence-electron chi connectivity index (χ4n) is 2.23. The first kappa shape index (κ1) is 17.7. The zero-order valence-electron chi connectivity index (χ0n) is 13.6. The van der Waals surface area contributed by atoms with Crippen LogP contribution in [0.2, 0.25) is 0 Å². The van der Waals surface area contributed by atoms with Gasteiger partial charge in [-0.15, -0.1) is 22.7 Å². The van der Waals surface area contributed by atoms with Crippen molar-refractivity contribution in [1.82, 2.24) is 0 Å². The number of hydrogen-bond acceptors (Lipinski definition) is 5. The van der Waals surface area contributed by atoms with Crippen molar-refractivity contribution in [3.8, 4) is 0 Å². The third kappa shape index (κ3) is 4.65. The Morgan fingerprint density at radius 2 is 2.09 bits per heavy atom. The highest BCUT2D eigenvalue weighted by Gasteiger charge is 2.21. The van der Waals surface area contributed by atoms with E-state index in [1.54, 1.807) is 18.3 Å². The number of esters is 1. The van der Waals surface area contributed by atoms with Crippen molar-refractivity contribution in [2.45, 2.75) is 40.0 Å². The normalized spacial score (nSPS) is 10.6. The zero-order chi connectivity index (χ0) is 16.8. The van der Waals surface area contributed by atoms with Crippen molar-refractivity contribution in [3.05, 3.63) is 38.4 Å². The lowest BCUT2D eigenvalue weighted by Gasteiger charge is -2.07. The van der Waals surface area contributed by atoms with Crippen molar-refractivity contribution in [2.75, 3.05) is 11.9 Å². The fourth-order valence-corrected chi connectivity index (χ4v) is 4.05. The van der Waals surface area contributed by atoms with E-state index in [-0.39, 0.29) is 11.9 Å². The van der Waals surface area contributed by atoms with Crippen LogP contribution in [-0.2, 0) is 16.0 Å². The molecule has 0 atom stereocenters. The van der Waals surface area contributed by atoms with Crippen LogP contribution >= 0.6 is 22.7 Å². The average Bonchev–Trinajstić information content (AvgIpc) is 3.09. The summed E-state index contributed by atoms with van der Waals surface area (Å²) in [4.78, 5) is 26.5. The predicted molar refractivity (Wildman–Crippen MR) is 95.6 cm³/mol. The van der Waals surface area contributed by atoms with Gasteiger partial charge in [0.1, 0.15) is 5.00 Å². The molecule has 1 amide bonds. The van der Waals surface area contributed by atoms with Gasteiger partial charge in [0.25, 0.3) is 0 Å². The molecule has 23 heavy (non-hydrogen) atoms. The van der Waals surface area contributed by atoms with Gasteiger partial charge in [0.15, 0.2) is 0 Å². The molecule has 0 saturated heterocycles. The minimum absolute atomic E-state index is 0.0617. The van der Waals surface area contributed by atoms with E-state index in [1.165, 1.54) is 16.2 Å². The molecular formula is C17H21NO3S2. The molecule has 2 aromatic heterocycles. The van der Waals surface area contributed by atoms with Crippen molar-refractivity contribution in [1.29, 1.82) is 0 Å². The first-order valence-corrected chi connectivity index (χ1v) is 9.31. The van der Waals surface area contributed by atoms with Crippen LogP contribution in [0, 0.1) is 13.8 Å². The SMILES string of the molecule is CCOC(=O)c1c(NC(=O)CCCc2cccs2)sc(C)c1C. The molecule has 124 valence electrons. The summed E-state index contributed by atoms with van der Waals surface area (Å²) in [6, 6.07) is 4.09. The molecule has 4 nitrogen and oxygen atoms in total. The van der Waals surface area contributed by atoms with Crippen LogP contribution in [0.3, 0.4) is 0 Å². The number of thiophene rings is 2. The minimum atomic E-state index is -0.372. The molecule has 0 saturated carbocycles.